The highest BCUT2D eigenvalue weighted by Gasteiger charge is 2.00. The van der Waals surface area contributed by atoms with Gasteiger partial charge in [-0.3, -0.25) is 9.78 Å². The van der Waals surface area contributed by atoms with E-state index >= 15 is 0 Å². The van der Waals surface area contributed by atoms with Gasteiger partial charge in [0, 0.05) is 0 Å². The molecule has 0 aromatic carbocycles. The van der Waals surface area contributed by atoms with Crippen molar-refractivity contribution in [1.29, 1.82) is 0 Å². The number of imidazole rings is 1. The molecule has 0 aliphatic carbocycles. The molecule has 0 unspecified atom stereocenters. The number of nitrogens with one attached hydrogen (secondary N) is 1. The lowest BCUT2D eigenvalue weighted by molar-refractivity contribution is 0.438. The Balaban J connectivity index is 2.96. The predicted molar refractivity (Wildman–Crippen MR) is 35.3 cm³/mol. The smallest absolute Gasteiger partial charge is 0.271 e. The summed E-state index contributed by atoms with van der Waals surface area (Å²) in [4.78, 5) is 16.7. The molecule has 6 heteroatoms. The van der Waals surface area contributed by atoms with Gasteiger partial charge in [0.1, 0.15) is 6.20 Å². The van der Waals surface area contributed by atoms with Crippen LogP contribution in [0.3, 0.4) is 0 Å². The van der Waals surface area contributed by atoms with E-state index in [0.29, 0.717) is 0 Å². The molecule has 0 aliphatic rings. The third kappa shape index (κ3) is 0.759. The number of aromatic hydroxyl groups is 1. The summed E-state index contributed by atoms with van der Waals surface area (Å²) in [5, 5.41) is 12.6. The number of aromatic nitrogens is 4. The summed E-state index contributed by atoms with van der Waals surface area (Å²) >= 11 is 0. The molecule has 0 fully saturated rings. The fraction of sp³-hybridized carbons (Fsp3) is 0. The van der Waals surface area contributed by atoms with Crippen LogP contribution in [-0.4, -0.2) is 24.7 Å². The summed E-state index contributed by atoms with van der Waals surface area (Å²) in [5.74, 6) is 0.131. The summed E-state index contributed by atoms with van der Waals surface area (Å²) in [6.07, 6.45) is 2.27. The number of H-pyrrole nitrogens is 1. The third-order valence-electron chi connectivity index (χ3n) is 1.25. The van der Waals surface area contributed by atoms with Gasteiger partial charge in [0.25, 0.3) is 5.56 Å². The largest absolute Gasteiger partial charge is 0.492 e. The molecular weight excluding hydrogens is 148 g/mol. The Morgan fingerprint density at radius 1 is 1.55 bits per heavy atom. The molecule has 0 atom stereocenters. The predicted octanol–water partition coefficient (Wildman–Crippen LogP) is -0.877. The van der Waals surface area contributed by atoms with Gasteiger partial charge >= 0.3 is 0 Å². The minimum atomic E-state index is -0.344. The van der Waals surface area contributed by atoms with Crippen LogP contribution >= 0.6 is 0 Å². The number of hydrogen-bond donors (Lipinski definition) is 2. The maximum Gasteiger partial charge on any atom is 0.271 e. The standard InChI is InChI=1S/C5H4N4O2/c10-3-1-7-9-4(11)2-6-5(9)8-3/h1-2,11H,(H,6,8,10). The molecule has 0 aliphatic heterocycles. The van der Waals surface area contributed by atoms with Gasteiger partial charge in [-0.2, -0.15) is 9.61 Å². The van der Waals surface area contributed by atoms with E-state index in [-0.39, 0.29) is 17.2 Å². The van der Waals surface area contributed by atoms with Crippen molar-refractivity contribution in [3.8, 4) is 5.88 Å². The van der Waals surface area contributed by atoms with Crippen LogP contribution in [0, 0.1) is 0 Å². The maximum atomic E-state index is 10.6. The fourth-order valence-corrected chi connectivity index (χ4v) is 0.788. The quantitative estimate of drug-likeness (QED) is 0.513. The van der Waals surface area contributed by atoms with Gasteiger partial charge in [0.15, 0.2) is 0 Å². The second kappa shape index (κ2) is 1.82. The van der Waals surface area contributed by atoms with Gasteiger partial charge in [0.05, 0.1) is 6.20 Å². The van der Waals surface area contributed by atoms with E-state index in [9.17, 15) is 4.79 Å². The van der Waals surface area contributed by atoms with Gasteiger partial charge in [-0.1, -0.05) is 0 Å². The third-order valence-corrected chi connectivity index (χ3v) is 1.25. The van der Waals surface area contributed by atoms with Crippen molar-refractivity contribution in [1.82, 2.24) is 19.6 Å². The molecule has 6 nitrogen and oxygen atoms in total. The first-order chi connectivity index (χ1) is 5.27. The molecule has 2 N–H and O–H groups in total. The minimum absolute atomic E-state index is 0.101. The Kier molecular flexibility index (Phi) is 0.974. The van der Waals surface area contributed by atoms with Crippen LogP contribution in [0.1, 0.15) is 0 Å². The van der Waals surface area contributed by atoms with Gasteiger partial charge in [-0.25, -0.2) is 4.98 Å². The van der Waals surface area contributed by atoms with E-state index in [2.05, 4.69) is 15.1 Å². The summed E-state index contributed by atoms with van der Waals surface area (Å²) < 4.78 is 1.13. The summed E-state index contributed by atoms with van der Waals surface area (Å²) in [6, 6.07) is 0. The molecule has 0 amide bonds. The highest BCUT2D eigenvalue weighted by molar-refractivity contribution is 5.29. The summed E-state index contributed by atoms with van der Waals surface area (Å²) in [5.41, 5.74) is -0.344. The zero-order valence-corrected chi connectivity index (χ0v) is 5.35. The molecule has 2 rings (SSSR count). The van der Waals surface area contributed by atoms with Crippen molar-refractivity contribution in [3.63, 3.8) is 0 Å². The Morgan fingerprint density at radius 2 is 2.36 bits per heavy atom. The monoisotopic (exact) mass is 152 g/mol. The lowest BCUT2D eigenvalue weighted by Crippen LogP contribution is -2.08. The van der Waals surface area contributed by atoms with E-state index in [1.54, 1.807) is 0 Å². The molecule has 2 aromatic rings. The van der Waals surface area contributed by atoms with Crippen LogP contribution < -0.4 is 5.56 Å². The van der Waals surface area contributed by atoms with Crippen molar-refractivity contribution in [3.05, 3.63) is 22.7 Å². The number of nitrogens with zero attached hydrogens (tertiary/aromatic N) is 3. The molecule has 0 bridgehead atoms. The van der Waals surface area contributed by atoms with Gasteiger partial charge in [0.2, 0.25) is 11.7 Å². The molecule has 11 heavy (non-hydrogen) atoms. The average molecular weight is 152 g/mol. The lowest BCUT2D eigenvalue weighted by atomic mass is 10.8. The van der Waals surface area contributed by atoms with E-state index in [1.165, 1.54) is 6.20 Å². The Morgan fingerprint density at radius 3 is 3.18 bits per heavy atom. The fourth-order valence-electron chi connectivity index (χ4n) is 0.788. The average Bonchev–Trinajstić information content (AvgIpc) is 2.32. The highest BCUT2D eigenvalue weighted by atomic mass is 16.3. The molecule has 0 saturated carbocycles. The molecule has 2 aromatic heterocycles. The van der Waals surface area contributed by atoms with Gasteiger partial charge < -0.3 is 5.11 Å². The number of aromatic amines is 1. The topological polar surface area (TPSA) is 83.3 Å². The van der Waals surface area contributed by atoms with Crippen molar-refractivity contribution in [2.75, 3.05) is 0 Å². The number of hydrogen-bond acceptors (Lipinski definition) is 4. The SMILES string of the molecule is O=c1cnn2c(O)cnc2[nH]1. The first-order valence-electron chi connectivity index (χ1n) is 2.89. The Labute approximate surface area is 60.1 Å². The van der Waals surface area contributed by atoms with Crippen LogP contribution in [-0.2, 0) is 0 Å². The first kappa shape index (κ1) is 5.90. The molecular formula is C5H4N4O2. The van der Waals surface area contributed by atoms with Crippen molar-refractivity contribution >= 4 is 5.78 Å². The highest BCUT2D eigenvalue weighted by Crippen LogP contribution is 2.04. The van der Waals surface area contributed by atoms with Crippen molar-refractivity contribution in [2.24, 2.45) is 0 Å². The van der Waals surface area contributed by atoms with Gasteiger partial charge in [-0.05, 0) is 0 Å². The normalized spacial score (nSPS) is 10.5. The minimum Gasteiger partial charge on any atom is -0.492 e. The number of fused-ring (bicyclic) bond motifs is 1. The molecule has 0 radical (unpaired) electrons. The van der Waals surface area contributed by atoms with Gasteiger partial charge in [-0.15, -0.1) is 0 Å². The maximum absolute atomic E-state index is 10.6. The van der Waals surface area contributed by atoms with Crippen LogP contribution in [0.25, 0.3) is 5.78 Å². The second-order valence-corrected chi connectivity index (χ2v) is 1.99. The molecule has 56 valence electrons. The molecule has 2 heterocycles. The molecule has 0 spiro atoms. The first-order valence-corrected chi connectivity index (χ1v) is 2.89. The Hall–Kier alpha value is -1.85. The van der Waals surface area contributed by atoms with Crippen molar-refractivity contribution in [2.45, 2.75) is 0 Å². The summed E-state index contributed by atoms with van der Waals surface area (Å²) in [6.45, 7) is 0. The van der Waals surface area contributed by atoms with E-state index < -0.39 is 0 Å². The van der Waals surface area contributed by atoms with Crippen LogP contribution in [0.5, 0.6) is 5.88 Å². The van der Waals surface area contributed by atoms with Crippen LogP contribution in [0.2, 0.25) is 0 Å². The second-order valence-electron chi connectivity index (χ2n) is 1.99. The van der Waals surface area contributed by atoms with Crippen molar-refractivity contribution < 1.29 is 5.11 Å². The Bertz CT molecular complexity index is 443. The van der Waals surface area contributed by atoms with E-state index in [0.717, 1.165) is 10.7 Å². The van der Waals surface area contributed by atoms with Crippen LogP contribution in [0.4, 0.5) is 0 Å². The summed E-state index contributed by atoms with van der Waals surface area (Å²) in [7, 11) is 0. The molecule has 0 saturated heterocycles. The van der Waals surface area contributed by atoms with E-state index in [1.807, 2.05) is 0 Å². The zero-order chi connectivity index (χ0) is 7.84. The lowest BCUT2D eigenvalue weighted by Gasteiger charge is -1.89. The van der Waals surface area contributed by atoms with E-state index in [4.69, 9.17) is 5.11 Å². The zero-order valence-electron chi connectivity index (χ0n) is 5.35. The van der Waals surface area contributed by atoms with Crippen LogP contribution in [0.15, 0.2) is 17.2 Å². The number of rotatable bonds is 0.